The maximum atomic E-state index is 6.28. The highest BCUT2D eigenvalue weighted by atomic mass is 16.3. The molecule has 14 aromatic carbocycles. The predicted octanol–water partition coefficient (Wildman–Crippen LogP) is 21.7. The Hall–Kier alpha value is -10.1. The minimum absolute atomic E-state index is 0.0809. The first-order chi connectivity index (χ1) is 38.7. The van der Waals surface area contributed by atoms with E-state index in [0.717, 1.165) is 21.9 Å². The van der Waals surface area contributed by atoms with E-state index in [0.29, 0.717) is 0 Å². The third-order valence-corrected chi connectivity index (χ3v) is 16.7. The lowest BCUT2D eigenvalue weighted by Crippen LogP contribution is -1.94. The molecule has 0 bridgehead atoms. The van der Waals surface area contributed by atoms with Crippen LogP contribution in [0, 0.1) is 0 Å². The molecule has 0 fully saturated rings. The van der Waals surface area contributed by atoms with Crippen molar-refractivity contribution in [3.8, 4) is 55.6 Å². The number of hydrogen-bond acceptors (Lipinski definition) is 1. The van der Waals surface area contributed by atoms with Gasteiger partial charge in [-0.05, 0) is 161 Å². The minimum Gasteiger partial charge on any atom is -0.456 e. The molecule has 1 aromatic heterocycles. The zero-order valence-corrected chi connectivity index (χ0v) is 42.6. The van der Waals surface area contributed by atoms with E-state index in [-0.39, 0.29) is 5.92 Å². The maximum absolute atomic E-state index is 6.28. The van der Waals surface area contributed by atoms with Gasteiger partial charge >= 0.3 is 0 Å². The molecule has 1 aliphatic rings. The van der Waals surface area contributed by atoms with Crippen molar-refractivity contribution in [2.75, 3.05) is 0 Å². The molecule has 1 aliphatic carbocycles. The molecule has 15 aromatic rings. The molecule has 0 amide bonds. The van der Waals surface area contributed by atoms with Gasteiger partial charge in [-0.25, -0.2) is 0 Å². The fourth-order valence-electron chi connectivity index (χ4n) is 13.1. The average molecular weight is 989 g/mol. The fourth-order valence-corrected chi connectivity index (χ4v) is 13.1. The number of fused-ring (bicyclic) bond motifs is 10. The summed E-state index contributed by atoms with van der Waals surface area (Å²) in [4.78, 5) is 0. The quantitative estimate of drug-likeness (QED) is 0.151. The van der Waals surface area contributed by atoms with Gasteiger partial charge in [0.05, 0.1) is 0 Å². The first kappa shape index (κ1) is 44.2. The van der Waals surface area contributed by atoms with Gasteiger partial charge in [-0.1, -0.05) is 261 Å². The summed E-state index contributed by atoms with van der Waals surface area (Å²) in [5.41, 5.74) is 17.9. The van der Waals surface area contributed by atoms with Crippen molar-refractivity contribution in [2.45, 2.75) is 5.92 Å². The van der Waals surface area contributed by atoms with Crippen LogP contribution in [-0.2, 0) is 0 Å². The number of allylic oxidation sites excluding steroid dienone is 2. The summed E-state index contributed by atoms with van der Waals surface area (Å²) in [5, 5.41) is 17.2. The molecule has 0 radical (unpaired) electrons. The molecule has 1 heteroatoms. The summed E-state index contributed by atoms with van der Waals surface area (Å²) in [6.07, 6.45) is 9.50. The second-order valence-corrected chi connectivity index (χ2v) is 21.0. The summed E-state index contributed by atoms with van der Waals surface area (Å²) in [5.74, 6) is 0.0809. The number of hydrogen-bond donors (Lipinski definition) is 0. The van der Waals surface area contributed by atoms with Crippen molar-refractivity contribution in [1.82, 2.24) is 0 Å². The van der Waals surface area contributed by atoms with Crippen LogP contribution < -0.4 is 0 Å². The molecule has 1 unspecified atom stereocenters. The Labute approximate surface area is 451 Å². The summed E-state index contributed by atoms with van der Waals surface area (Å²) < 4.78 is 6.28. The van der Waals surface area contributed by atoms with Crippen LogP contribution in [0.5, 0.6) is 0 Å². The largest absolute Gasteiger partial charge is 0.456 e. The van der Waals surface area contributed by atoms with Crippen LogP contribution in [0.25, 0.3) is 154 Å². The lowest BCUT2D eigenvalue weighted by molar-refractivity contribution is 0.669. The Morgan fingerprint density at radius 3 is 1.45 bits per heavy atom. The van der Waals surface area contributed by atoms with E-state index in [9.17, 15) is 0 Å². The van der Waals surface area contributed by atoms with Gasteiger partial charge in [-0.3, -0.25) is 0 Å². The Kier molecular flexibility index (Phi) is 10.1. The zero-order chi connectivity index (χ0) is 51.3. The van der Waals surface area contributed by atoms with Gasteiger partial charge in [0.15, 0.2) is 0 Å². The molecular formula is C77H48O. The van der Waals surface area contributed by atoms with Gasteiger partial charge in [-0.15, -0.1) is 0 Å². The summed E-state index contributed by atoms with van der Waals surface area (Å²) >= 11 is 0. The molecule has 0 aliphatic heterocycles. The van der Waals surface area contributed by atoms with E-state index in [1.54, 1.807) is 0 Å². The molecule has 362 valence electrons. The van der Waals surface area contributed by atoms with E-state index in [1.807, 2.05) is 6.07 Å². The van der Waals surface area contributed by atoms with E-state index in [2.05, 4.69) is 279 Å². The topological polar surface area (TPSA) is 13.1 Å². The lowest BCUT2D eigenvalue weighted by Gasteiger charge is -2.19. The van der Waals surface area contributed by atoms with Crippen molar-refractivity contribution in [3.05, 3.63) is 290 Å². The van der Waals surface area contributed by atoms with Crippen molar-refractivity contribution >= 4 is 98.7 Å². The van der Waals surface area contributed by atoms with Crippen LogP contribution in [0.15, 0.2) is 277 Å². The second kappa shape index (κ2) is 17.8. The van der Waals surface area contributed by atoms with Gasteiger partial charge in [0.25, 0.3) is 0 Å². The zero-order valence-electron chi connectivity index (χ0n) is 42.6. The van der Waals surface area contributed by atoms with E-state index >= 15 is 0 Å². The molecule has 1 nitrogen and oxygen atoms in total. The van der Waals surface area contributed by atoms with Crippen LogP contribution in [0.4, 0.5) is 0 Å². The maximum Gasteiger partial charge on any atom is 0.135 e. The van der Waals surface area contributed by atoms with E-state index in [4.69, 9.17) is 4.42 Å². The average Bonchev–Trinajstić information content (AvgIpc) is 3.76. The smallest absolute Gasteiger partial charge is 0.135 e. The van der Waals surface area contributed by atoms with Crippen LogP contribution in [0.2, 0.25) is 0 Å². The van der Waals surface area contributed by atoms with E-state index in [1.165, 1.54) is 137 Å². The minimum atomic E-state index is 0.0809. The highest BCUT2D eigenvalue weighted by Crippen LogP contribution is 2.49. The highest BCUT2D eigenvalue weighted by Gasteiger charge is 2.22. The van der Waals surface area contributed by atoms with Gasteiger partial charge in [-0.2, -0.15) is 0 Å². The Morgan fingerprint density at radius 1 is 0.256 bits per heavy atom. The summed E-state index contributed by atoms with van der Waals surface area (Å²) in [6.45, 7) is 0. The van der Waals surface area contributed by atoms with Gasteiger partial charge in [0, 0.05) is 16.7 Å². The Morgan fingerprint density at radius 2 is 0.756 bits per heavy atom. The van der Waals surface area contributed by atoms with E-state index < -0.39 is 0 Å². The molecule has 1 atom stereocenters. The van der Waals surface area contributed by atoms with Crippen LogP contribution in [0.1, 0.15) is 22.6 Å². The third-order valence-electron chi connectivity index (χ3n) is 16.7. The second-order valence-electron chi connectivity index (χ2n) is 21.0. The van der Waals surface area contributed by atoms with Crippen LogP contribution >= 0.6 is 0 Å². The standard InChI is InChI=1S/C77H48O/c1-2-16-53-45-54(38-34-48(53)15-1)49-32-36-52(37-33-49)74-63-20-3-7-24-67(63)76(68-25-8-4-21-64(68)74)61-28-13-17-51-35-31-50(39-42-58(51)61)55-40-43-59-56(46-55)18-14-29-62(59)77-69-26-9-5-22-65(69)75(66-23-6-10-27-70(66)77)57-41-44-73-71(47-57)60-19-11-12-30-72(60)78-73/h1-47,50H. The molecule has 0 N–H and O–H groups in total. The third kappa shape index (κ3) is 7.02. The first-order valence-corrected chi connectivity index (χ1v) is 27.1. The number of rotatable bonds is 6. The number of para-hydroxylation sites is 1. The highest BCUT2D eigenvalue weighted by molar-refractivity contribution is 6.25. The summed E-state index contributed by atoms with van der Waals surface area (Å²) in [7, 11) is 0. The molecule has 0 saturated carbocycles. The first-order valence-electron chi connectivity index (χ1n) is 27.1. The molecule has 78 heavy (non-hydrogen) atoms. The Bertz CT molecular complexity index is 4910. The molecule has 1 heterocycles. The van der Waals surface area contributed by atoms with Crippen molar-refractivity contribution in [1.29, 1.82) is 0 Å². The molecule has 0 spiro atoms. The predicted molar refractivity (Wildman–Crippen MR) is 333 cm³/mol. The van der Waals surface area contributed by atoms with Crippen LogP contribution in [-0.4, -0.2) is 0 Å². The molecule has 16 rings (SSSR count). The van der Waals surface area contributed by atoms with Crippen LogP contribution in [0.3, 0.4) is 0 Å². The number of furan rings is 1. The van der Waals surface area contributed by atoms with Gasteiger partial charge < -0.3 is 4.42 Å². The number of benzene rings is 14. The van der Waals surface area contributed by atoms with Crippen molar-refractivity contribution in [3.63, 3.8) is 0 Å². The summed E-state index contributed by atoms with van der Waals surface area (Å²) in [6, 6.07) is 96.2. The monoisotopic (exact) mass is 988 g/mol. The van der Waals surface area contributed by atoms with Crippen molar-refractivity contribution < 1.29 is 4.42 Å². The lowest BCUT2D eigenvalue weighted by atomic mass is 9.83. The Balaban J connectivity index is 0.776. The normalized spacial score (nSPS) is 13.4. The molecule has 0 saturated heterocycles. The van der Waals surface area contributed by atoms with Crippen molar-refractivity contribution in [2.24, 2.45) is 0 Å². The fraction of sp³-hybridized carbons (Fsp3) is 0.0130. The molecular weight excluding hydrogens is 941 g/mol. The van der Waals surface area contributed by atoms with Gasteiger partial charge in [0.1, 0.15) is 11.2 Å². The van der Waals surface area contributed by atoms with Gasteiger partial charge in [0.2, 0.25) is 0 Å². The SMILES string of the molecule is C1=CC(c2ccc3c(-c4c5ccccc5c(-c5ccc6oc7ccccc7c6c5)c5ccccc45)cccc3c2)C=Cc2c1cccc2-c1c2ccccc2c(-c2ccc(-c3ccc4ccccc4c3)cc2)c2ccccc12.